The standard InChI is InChI=1S/C12H7BrN.C9H7.2ClH.H2S.Zr/c13-10-1-2-11-9(6-10)5-8-3-4-14-7-12(8)11;1-2-5-9-7-3-6-8(9)4-1;;;;/h1,3-7,12H;1-7H;2*1H;1H2;/q;;;;;+3/p-3. The molecule has 135 valence electrons. The topological polar surface area (TPSA) is 12.4 Å². The summed E-state index contributed by atoms with van der Waals surface area (Å²) in [4.78, 5) is 4.36. The molecule has 5 rings (SSSR count). The summed E-state index contributed by atoms with van der Waals surface area (Å²) >= 11 is -1.10. The second-order valence-electron chi connectivity index (χ2n) is 7.19. The van der Waals surface area contributed by atoms with E-state index in [0.717, 1.165) is 18.9 Å². The van der Waals surface area contributed by atoms with Gasteiger partial charge in [-0.25, -0.2) is 0 Å². The Morgan fingerprint density at radius 3 is 2.74 bits per heavy atom. The van der Waals surface area contributed by atoms with E-state index in [2.05, 4.69) is 69.5 Å². The van der Waals surface area contributed by atoms with E-state index in [9.17, 15) is 0 Å². The molecule has 0 fully saturated rings. The van der Waals surface area contributed by atoms with Gasteiger partial charge in [-0.3, -0.25) is 0 Å². The van der Waals surface area contributed by atoms with Crippen LogP contribution >= 0.6 is 42.3 Å². The quantitative estimate of drug-likeness (QED) is 0.393. The Balaban J connectivity index is 1.74. The number of thiol groups is 1. The number of benzene rings is 2. The van der Waals surface area contributed by atoms with Gasteiger partial charge in [0, 0.05) is 0 Å². The van der Waals surface area contributed by atoms with Gasteiger partial charge in [0.05, 0.1) is 0 Å². The summed E-state index contributed by atoms with van der Waals surface area (Å²) in [5.74, 6) is 0.0891. The van der Waals surface area contributed by atoms with Crippen molar-refractivity contribution in [1.29, 1.82) is 0 Å². The fraction of sp³-hybridized carbons (Fsp3) is 0.0952. The molecular formula is C21H15BrCl2NSZr. The van der Waals surface area contributed by atoms with Gasteiger partial charge in [0.1, 0.15) is 0 Å². The first-order valence-electron chi connectivity index (χ1n) is 8.68. The van der Waals surface area contributed by atoms with Crippen LogP contribution in [-0.4, -0.2) is 6.21 Å². The molecule has 0 N–H and O–H groups in total. The Bertz CT molecular complexity index is 1110. The van der Waals surface area contributed by atoms with E-state index in [1.54, 1.807) is 0 Å². The average molecular weight is 555 g/mol. The molecule has 2 aromatic carbocycles. The molecule has 2 aliphatic carbocycles. The summed E-state index contributed by atoms with van der Waals surface area (Å²) in [6, 6.07) is 12.5. The van der Waals surface area contributed by atoms with Crippen LogP contribution in [0.5, 0.6) is 0 Å². The molecule has 0 spiro atoms. The van der Waals surface area contributed by atoms with E-state index in [0.29, 0.717) is 0 Å². The third kappa shape index (κ3) is 2.87. The first kappa shape index (κ1) is 18.6. The van der Waals surface area contributed by atoms with Gasteiger partial charge in [0.25, 0.3) is 0 Å². The molecule has 3 aliphatic rings. The van der Waals surface area contributed by atoms with Gasteiger partial charge >= 0.3 is 180 Å². The minimum atomic E-state index is -4.75. The zero-order valence-electron chi connectivity index (χ0n) is 14.1. The molecule has 1 nitrogen and oxygen atoms in total. The summed E-state index contributed by atoms with van der Waals surface area (Å²) in [5.41, 5.74) is 5.85. The fourth-order valence-corrected chi connectivity index (χ4v) is 18.6. The Morgan fingerprint density at radius 1 is 1.07 bits per heavy atom. The molecule has 0 saturated carbocycles. The number of fused-ring (bicyclic) bond motifs is 4. The minimum absolute atomic E-state index is 0.0761. The van der Waals surface area contributed by atoms with Gasteiger partial charge in [-0.1, -0.05) is 0 Å². The normalized spacial score (nSPS) is 23.4. The molecule has 0 amide bonds. The fourth-order valence-electron chi connectivity index (χ4n) is 4.33. The second-order valence-corrected chi connectivity index (χ2v) is 35.1. The van der Waals surface area contributed by atoms with Crippen LogP contribution in [0.1, 0.15) is 31.8 Å². The van der Waals surface area contributed by atoms with E-state index in [1.165, 1.54) is 16.7 Å². The Morgan fingerprint density at radius 2 is 1.89 bits per heavy atom. The Hall–Kier alpha value is -0.377. The van der Waals surface area contributed by atoms with Gasteiger partial charge in [-0.15, -0.1) is 0 Å². The molecule has 6 heteroatoms. The molecule has 0 aromatic heterocycles. The number of allylic oxidation sites excluding steroid dienone is 3. The monoisotopic (exact) mass is 552 g/mol. The van der Waals surface area contributed by atoms with Crippen LogP contribution in [0.3, 0.4) is 0 Å². The van der Waals surface area contributed by atoms with E-state index in [4.69, 9.17) is 26.4 Å². The summed E-state index contributed by atoms with van der Waals surface area (Å²) in [5, 5.41) is 0. The number of halogens is 3. The molecule has 2 atom stereocenters. The third-order valence-electron chi connectivity index (χ3n) is 5.57. The molecule has 1 aliphatic heterocycles. The average Bonchev–Trinajstić information content (AvgIpc) is 3.22. The Kier molecular flexibility index (Phi) is 4.36. The van der Waals surface area contributed by atoms with Crippen molar-refractivity contribution in [3.63, 3.8) is 0 Å². The van der Waals surface area contributed by atoms with E-state index in [-0.39, 0.29) is 9.54 Å². The molecule has 0 bridgehead atoms. The van der Waals surface area contributed by atoms with Crippen LogP contribution < -0.4 is 3.27 Å². The second kappa shape index (κ2) is 6.31. The summed E-state index contributed by atoms with van der Waals surface area (Å²) < 4.78 is 1.89. The predicted molar refractivity (Wildman–Crippen MR) is 121 cm³/mol. The van der Waals surface area contributed by atoms with Crippen molar-refractivity contribution in [2.24, 2.45) is 4.99 Å². The van der Waals surface area contributed by atoms with Crippen molar-refractivity contribution in [2.45, 2.75) is 9.54 Å². The van der Waals surface area contributed by atoms with Crippen LogP contribution in [0, 0.1) is 0 Å². The van der Waals surface area contributed by atoms with Crippen molar-refractivity contribution in [3.8, 4) is 0 Å². The van der Waals surface area contributed by atoms with Gasteiger partial charge in [-0.05, 0) is 0 Å². The van der Waals surface area contributed by atoms with Crippen LogP contribution in [0.2, 0.25) is 0 Å². The SMILES string of the molecule is [SH][Zr]([Cl])([Cl])([c]1cc(Br)cc2c1C1C=NC=CC1=C2)[CH]1C=Cc2ccccc21. The number of hydrogen-bond donors (Lipinski definition) is 1. The Labute approximate surface area is 178 Å². The summed E-state index contributed by atoms with van der Waals surface area (Å²) in [6.45, 7) is 0. The number of hydrogen-bond acceptors (Lipinski definition) is 2. The van der Waals surface area contributed by atoms with Crippen molar-refractivity contribution in [2.75, 3.05) is 0 Å². The molecule has 0 radical (unpaired) electrons. The maximum absolute atomic E-state index is 7.42. The van der Waals surface area contributed by atoms with Gasteiger partial charge in [0.2, 0.25) is 0 Å². The van der Waals surface area contributed by atoms with Crippen LogP contribution in [-0.2, 0) is 14.9 Å². The molecule has 27 heavy (non-hydrogen) atoms. The summed E-state index contributed by atoms with van der Waals surface area (Å²) in [6.07, 6.45) is 12.3. The van der Waals surface area contributed by atoms with Gasteiger partial charge in [0.15, 0.2) is 0 Å². The number of aliphatic imine (C=N–C) groups is 1. The number of nitrogens with zero attached hydrogens (tertiary/aromatic N) is 1. The zero-order chi connectivity index (χ0) is 18.8. The summed E-state index contributed by atoms with van der Waals surface area (Å²) in [7, 11) is 20.0. The first-order valence-corrected chi connectivity index (χ1v) is 22.2. The number of rotatable bonds is 2. The molecule has 2 aromatic rings. The van der Waals surface area contributed by atoms with Crippen molar-refractivity contribution in [3.05, 3.63) is 87.0 Å². The van der Waals surface area contributed by atoms with Gasteiger partial charge < -0.3 is 0 Å². The predicted octanol–water partition coefficient (Wildman–Crippen LogP) is 6.76. The van der Waals surface area contributed by atoms with E-state index < -0.39 is 14.9 Å². The van der Waals surface area contributed by atoms with Crippen LogP contribution in [0.4, 0.5) is 0 Å². The van der Waals surface area contributed by atoms with Crippen molar-refractivity contribution < 1.29 is 14.9 Å². The maximum atomic E-state index is 7.42. The molecular weight excluding hydrogens is 540 g/mol. The molecule has 2 unspecified atom stereocenters. The van der Waals surface area contributed by atoms with Crippen molar-refractivity contribution >= 4 is 64.0 Å². The zero-order valence-corrected chi connectivity index (χ0v) is 20.6. The third-order valence-corrected chi connectivity index (χ3v) is 21.5. The van der Waals surface area contributed by atoms with Crippen LogP contribution in [0.15, 0.2) is 69.8 Å². The first-order chi connectivity index (χ1) is 12.8. The molecule has 0 saturated heterocycles. The molecule has 1 heterocycles. The van der Waals surface area contributed by atoms with Gasteiger partial charge in [-0.2, -0.15) is 0 Å². The van der Waals surface area contributed by atoms with Crippen LogP contribution in [0.25, 0.3) is 12.2 Å². The van der Waals surface area contributed by atoms with E-state index >= 15 is 0 Å². The van der Waals surface area contributed by atoms with Crippen molar-refractivity contribution in [1.82, 2.24) is 0 Å². The van der Waals surface area contributed by atoms with E-state index in [1.807, 2.05) is 24.5 Å².